The zero-order chi connectivity index (χ0) is 20.1. The largest absolute Gasteiger partial charge is 0.497 e. The number of imide groups is 1. The molecule has 1 aliphatic carbocycles. The normalized spacial score (nSPS) is 31.0. The molecule has 5 atom stereocenters. The molecular formula is C22H21NO6. The van der Waals surface area contributed by atoms with Gasteiger partial charge in [-0.3, -0.25) is 14.5 Å². The summed E-state index contributed by atoms with van der Waals surface area (Å²) in [6.07, 6.45) is -1.64. The number of nitrogens with zero attached hydrogens (tertiary/aromatic N) is 1. The van der Waals surface area contributed by atoms with Crippen LogP contribution in [0.5, 0.6) is 5.75 Å². The van der Waals surface area contributed by atoms with E-state index in [-0.39, 0.29) is 17.7 Å². The van der Waals surface area contributed by atoms with Crippen LogP contribution in [0.4, 0.5) is 0 Å². The summed E-state index contributed by atoms with van der Waals surface area (Å²) in [6, 6.07) is 13.5. The molecule has 1 N–H and O–H groups in total. The molecule has 0 spiro atoms. The highest BCUT2D eigenvalue weighted by Gasteiger charge is 2.53. The van der Waals surface area contributed by atoms with E-state index in [1.54, 1.807) is 31.4 Å². The van der Waals surface area contributed by atoms with Crippen molar-refractivity contribution < 1.29 is 28.9 Å². The standard InChI is InChI=1S/C22H21NO6/c1-27-14-8-6-12(7-9-14)22-28-11-13-10-17(18(24)19(13)29-22)23-20(25)15-4-2-3-5-16(15)21(23)26/h2-9,13,17-19,22,24H,10-11H2,1H3/t13-,17+,18-,19+,22?/m0/s1. The number of carbonyl (C=O) groups is 2. The van der Waals surface area contributed by atoms with Gasteiger partial charge in [0.2, 0.25) is 0 Å². The van der Waals surface area contributed by atoms with Gasteiger partial charge in [-0.25, -0.2) is 0 Å². The summed E-state index contributed by atoms with van der Waals surface area (Å²) in [5.74, 6) is -0.0790. The van der Waals surface area contributed by atoms with E-state index in [0.717, 1.165) is 11.3 Å². The average molecular weight is 395 g/mol. The fourth-order valence-corrected chi connectivity index (χ4v) is 4.53. The van der Waals surface area contributed by atoms with Crippen LogP contribution >= 0.6 is 0 Å². The van der Waals surface area contributed by atoms with Crippen LogP contribution in [0.15, 0.2) is 48.5 Å². The lowest BCUT2D eigenvalue weighted by atomic mass is 10.0. The van der Waals surface area contributed by atoms with Gasteiger partial charge in [0.25, 0.3) is 11.8 Å². The Hall–Kier alpha value is -2.74. The molecule has 2 aromatic rings. The van der Waals surface area contributed by atoms with E-state index in [1.807, 2.05) is 24.3 Å². The number of aliphatic hydroxyl groups excluding tert-OH is 1. The number of aliphatic hydroxyl groups is 1. The molecule has 2 fully saturated rings. The molecule has 7 nitrogen and oxygen atoms in total. The van der Waals surface area contributed by atoms with Crippen molar-refractivity contribution in [2.45, 2.75) is 31.0 Å². The van der Waals surface area contributed by atoms with Gasteiger partial charge in [-0.1, -0.05) is 24.3 Å². The number of fused-ring (bicyclic) bond motifs is 2. The van der Waals surface area contributed by atoms with Gasteiger partial charge < -0.3 is 19.3 Å². The van der Waals surface area contributed by atoms with Crippen LogP contribution < -0.4 is 4.74 Å². The van der Waals surface area contributed by atoms with E-state index < -0.39 is 24.5 Å². The predicted molar refractivity (Wildman–Crippen MR) is 101 cm³/mol. The lowest BCUT2D eigenvalue weighted by Crippen LogP contribution is -2.47. The van der Waals surface area contributed by atoms with E-state index in [2.05, 4.69) is 0 Å². The van der Waals surface area contributed by atoms with Crippen LogP contribution in [0, 0.1) is 5.92 Å². The Morgan fingerprint density at radius 3 is 2.31 bits per heavy atom. The van der Waals surface area contributed by atoms with Gasteiger partial charge in [-0.15, -0.1) is 0 Å². The minimum atomic E-state index is -0.966. The Balaban J connectivity index is 1.35. The molecule has 1 saturated heterocycles. The van der Waals surface area contributed by atoms with Crippen molar-refractivity contribution in [1.29, 1.82) is 0 Å². The zero-order valence-corrected chi connectivity index (χ0v) is 15.9. The minimum absolute atomic E-state index is 0.0891. The molecule has 150 valence electrons. The third-order valence-electron chi connectivity index (χ3n) is 6.03. The Bertz CT molecular complexity index is 923. The van der Waals surface area contributed by atoms with Crippen molar-refractivity contribution in [3.05, 3.63) is 65.2 Å². The maximum absolute atomic E-state index is 12.8. The fraction of sp³-hybridized carbons (Fsp3) is 0.364. The summed E-state index contributed by atoms with van der Waals surface area (Å²) in [5.41, 5.74) is 1.58. The smallest absolute Gasteiger partial charge is 0.261 e. The summed E-state index contributed by atoms with van der Waals surface area (Å²) in [7, 11) is 1.60. The van der Waals surface area contributed by atoms with Gasteiger partial charge in [0.15, 0.2) is 6.29 Å². The number of benzene rings is 2. The second kappa shape index (κ2) is 6.95. The van der Waals surface area contributed by atoms with Crippen molar-refractivity contribution in [3.63, 3.8) is 0 Å². The Labute approximate surface area is 167 Å². The predicted octanol–water partition coefficient (Wildman–Crippen LogP) is 2.15. The molecule has 2 aromatic carbocycles. The summed E-state index contributed by atoms with van der Waals surface area (Å²) in [6.45, 7) is 0.387. The number of hydrogen-bond donors (Lipinski definition) is 1. The van der Waals surface area contributed by atoms with E-state index in [0.29, 0.717) is 24.2 Å². The molecule has 5 rings (SSSR count). The first-order valence-corrected chi connectivity index (χ1v) is 9.64. The molecule has 2 heterocycles. The fourth-order valence-electron chi connectivity index (χ4n) is 4.53. The second-order valence-corrected chi connectivity index (χ2v) is 7.62. The van der Waals surface area contributed by atoms with Crippen molar-refractivity contribution in [1.82, 2.24) is 4.90 Å². The summed E-state index contributed by atoms with van der Waals surface area (Å²) in [4.78, 5) is 26.8. The van der Waals surface area contributed by atoms with Gasteiger partial charge in [0, 0.05) is 11.5 Å². The lowest BCUT2D eigenvalue weighted by Gasteiger charge is -2.34. The van der Waals surface area contributed by atoms with Crippen LogP contribution in [0.3, 0.4) is 0 Å². The molecule has 3 aliphatic rings. The Kier molecular flexibility index (Phi) is 4.38. The van der Waals surface area contributed by atoms with Crippen LogP contribution in [-0.4, -0.2) is 53.8 Å². The zero-order valence-electron chi connectivity index (χ0n) is 15.9. The number of carbonyl (C=O) groups excluding carboxylic acids is 2. The van der Waals surface area contributed by atoms with Crippen molar-refractivity contribution >= 4 is 11.8 Å². The molecule has 2 aliphatic heterocycles. The van der Waals surface area contributed by atoms with Gasteiger partial charge in [0.05, 0.1) is 37.0 Å². The molecule has 0 radical (unpaired) electrons. The third-order valence-corrected chi connectivity index (χ3v) is 6.03. The highest BCUT2D eigenvalue weighted by molar-refractivity contribution is 6.21. The third kappa shape index (κ3) is 2.85. The average Bonchev–Trinajstić information content (AvgIpc) is 3.21. The lowest BCUT2D eigenvalue weighted by molar-refractivity contribution is -0.249. The first-order chi connectivity index (χ1) is 14.1. The quantitative estimate of drug-likeness (QED) is 0.802. The molecule has 0 bridgehead atoms. The van der Waals surface area contributed by atoms with E-state index >= 15 is 0 Å². The summed E-state index contributed by atoms with van der Waals surface area (Å²) in [5, 5.41) is 11.0. The van der Waals surface area contributed by atoms with Crippen LogP contribution in [0.1, 0.15) is 39.0 Å². The second-order valence-electron chi connectivity index (χ2n) is 7.62. The van der Waals surface area contributed by atoms with E-state index in [1.165, 1.54) is 4.90 Å². The summed E-state index contributed by atoms with van der Waals surface area (Å²) < 4.78 is 17.1. The van der Waals surface area contributed by atoms with Crippen molar-refractivity contribution in [2.24, 2.45) is 5.92 Å². The highest BCUT2D eigenvalue weighted by atomic mass is 16.7. The number of rotatable bonds is 3. The molecule has 29 heavy (non-hydrogen) atoms. The number of ether oxygens (including phenoxy) is 3. The van der Waals surface area contributed by atoms with E-state index in [9.17, 15) is 14.7 Å². The highest BCUT2D eigenvalue weighted by Crippen LogP contribution is 2.42. The van der Waals surface area contributed by atoms with Crippen LogP contribution in [-0.2, 0) is 9.47 Å². The first kappa shape index (κ1) is 18.3. The minimum Gasteiger partial charge on any atom is -0.497 e. The topological polar surface area (TPSA) is 85.3 Å². The van der Waals surface area contributed by atoms with Crippen LogP contribution in [0.25, 0.3) is 0 Å². The Morgan fingerprint density at radius 1 is 1.03 bits per heavy atom. The van der Waals surface area contributed by atoms with Crippen molar-refractivity contribution in [3.8, 4) is 5.75 Å². The van der Waals surface area contributed by atoms with Crippen LogP contribution in [0.2, 0.25) is 0 Å². The van der Waals surface area contributed by atoms with Gasteiger partial charge in [0.1, 0.15) is 11.9 Å². The van der Waals surface area contributed by atoms with Gasteiger partial charge in [-0.2, -0.15) is 0 Å². The maximum atomic E-state index is 12.8. The maximum Gasteiger partial charge on any atom is 0.261 e. The van der Waals surface area contributed by atoms with Gasteiger partial charge in [-0.05, 0) is 30.7 Å². The molecule has 1 saturated carbocycles. The SMILES string of the molecule is COc1ccc(C2OC[C@@H]3C[C@@H](N4C(=O)c5ccccc5C4=O)[C@H](O)[C@@H]3O2)cc1. The van der Waals surface area contributed by atoms with E-state index in [4.69, 9.17) is 14.2 Å². The van der Waals surface area contributed by atoms with Gasteiger partial charge >= 0.3 is 0 Å². The molecule has 7 heteroatoms. The summed E-state index contributed by atoms with van der Waals surface area (Å²) >= 11 is 0. The number of hydrogen-bond acceptors (Lipinski definition) is 6. The molecule has 2 amide bonds. The molecular weight excluding hydrogens is 374 g/mol. The number of amides is 2. The number of methoxy groups -OCH3 is 1. The first-order valence-electron chi connectivity index (χ1n) is 9.64. The Morgan fingerprint density at radius 2 is 1.69 bits per heavy atom. The molecule has 1 unspecified atom stereocenters. The monoisotopic (exact) mass is 395 g/mol. The molecule has 0 aromatic heterocycles. The van der Waals surface area contributed by atoms with Crippen molar-refractivity contribution in [2.75, 3.05) is 13.7 Å².